The van der Waals surface area contributed by atoms with Crippen molar-refractivity contribution in [2.45, 2.75) is 11.8 Å². The molecule has 0 N–H and O–H groups in total. The zero-order valence-electron chi connectivity index (χ0n) is 12.5. The summed E-state index contributed by atoms with van der Waals surface area (Å²) in [6.45, 7) is 1.97. The van der Waals surface area contributed by atoms with Gasteiger partial charge in [0.15, 0.2) is 15.6 Å². The number of fused-ring (bicyclic) bond motifs is 1. The Hall–Kier alpha value is -1.66. The molecule has 0 radical (unpaired) electrons. The monoisotopic (exact) mass is 394 g/mol. The van der Waals surface area contributed by atoms with Crippen molar-refractivity contribution >= 4 is 31.6 Å². The third kappa shape index (κ3) is 3.33. The predicted octanol–water partition coefficient (Wildman–Crippen LogP) is 3.42. The second-order valence-corrected chi connectivity index (χ2v) is 8.56. The summed E-state index contributed by atoms with van der Waals surface area (Å²) in [6.07, 6.45) is 0. The van der Waals surface area contributed by atoms with E-state index < -0.39 is 15.8 Å². The maximum Gasteiger partial charge on any atom is 0.179 e. The summed E-state index contributed by atoms with van der Waals surface area (Å²) in [6, 6.07) is 11.8. The Balaban J connectivity index is 1.86. The molecule has 23 heavy (non-hydrogen) atoms. The molecule has 0 fully saturated rings. The molecule has 2 aromatic carbocycles. The molecule has 0 amide bonds. The van der Waals surface area contributed by atoms with E-state index in [4.69, 9.17) is 4.74 Å². The molecule has 3 rings (SSSR count). The lowest BCUT2D eigenvalue weighted by atomic mass is 9.97. The van der Waals surface area contributed by atoms with Crippen LogP contribution in [-0.2, 0) is 9.84 Å². The van der Waals surface area contributed by atoms with E-state index in [9.17, 15) is 13.2 Å². The van der Waals surface area contributed by atoms with Crippen molar-refractivity contribution in [2.75, 3.05) is 12.4 Å². The number of halogens is 1. The van der Waals surface area contributed by atoms with Crippen LogP contribution in [0, 0.1) is 12.8 Å². The normalized spacial score (nSPS) is 17.5. The van der Waals surface area contributed by atoms with Gasteiger partial charge in [-0.1, -0.05) is 33.6 Å². The standard InChI is InChI=1S/C17H15BrO4S/c1-11-2-5-14(6-3-11)23(20,21)10-12-9-22-16-7-4-13(18)8-15(16)17(12)19/h2-8,12H,9-10H2,1H3/t12-/m1/s1. The number of rotatable bonds is 3. The van der Waals surface area contributed by atoms with Gasteiger partial charge in [0.25, 0.3) is 0 Å². The van der Waals surface area contributed by atoms with E-state index in [1.54, 1.807) is 42.5 Å². The first-order valence-corrected chi connectivity index (χ1v) is 9.57. The van der Waals surface area contributed by atoms with Gasteiger partial charge in [0.2, 0.25) is 0 Å². The molecule has 0 bridgehead atoms. The Morgan fingerprint density at radius 1 is 1.17 bits per heavy atom. The van der Waals surface area contributed by atoms with Crippen molar-refractivity contribution in [3.63, 3.8) is 0 Å². The van der Waals surface area contributed by atoms with Crippen molar-refractivity contribution in [2.24, 2.45) is 5.92 Å². The molecule has 0 saturated heterocycles. The number of Topliss-reactive ketones (excluding diaryl/α,β-unsaturated/α-hetero) is 1. The molecule has 4 nitrogen and oxygen atoms in total. The van der Waals surface area contributed by atoms with E-state index in [0.29, 0.717) is 11.3 Å². The van der Waals surface area contributed by atoms with Crippen molar-refractivity contribution in [1.82, 2.24) is 0 Å². The number of aryl methyl sites for hydroxylation is 1. The van der Waals surface area contributed by atoms with Crippen LogP contribution in [-0.4, -0.2) is 26.6 Å². The number of carbonyl (C=O) groups is 1. The molecule has 1 heterocycles. The number of carbonyl (C=O) groups excluding carboxylic acids is 1. The van der Waals surface area contributed by atoms with Gasteiger partial charge in [-0.25, -0.2) is 8.42 Å². The molecule has 1 aliphatic heterocycles. The van der Waals surface area contributed by atoms with Crippen LogP contribution in [0.25, 0.3) is 0 Å². The van der Waals surface area contributed by atoms with Crippen LogP contribution in [0.15, 0.2) is 51.8 Å². The van der Waals surface area contributed by atoms with Crippen molar-refractivity contribution < 1.29 is 17.9 Å². The quantitative estimate of drug-likeness (QED) is 0.799. The number of benzene rings is 2. The summed E-state index contributed by atoms with van der Waals surface area (Å²) >= 11 is 3.32. The minimum absolute atomic E-state index is 0.0819. The fourth-order valence-corrected chi connectivity index (χ4v) is 4.42. The number of hydrogen-bond donors (Lipinski definition) is 0. The molecule has 2 aromatic rings. The highest BCUT2D eigenvalue weighted by molar-refractivity contribution is 9.10. The first kappa shape index (κ1) is 16.2. The second kappa shape index (κ2) is 6.09. The van der Waals surface area contributed by atoms with Crippen LogP contribution in [0.4, 0.5) is 0 Å². The molecular weight excluding hydrogens is 380 g/mol. The molecule has 0 unspecified atom stereocenters. The number of hydrogen-bond acceptors (Lipinski definition) is 4. The van der Waals surface area contributed by atoms with Gasteiger partial charge in [0, 0.05) is 4.47 Å². The van der Waals surface area contributed by atoms with E-state index in [-0.39, 0.29) is 23.0 Å². The lowest BCUT2D eigenvalue weighted by Gasteiger charge is -2.24. The Morgan fingerprint density at radius 2 is 1.87 bits per heavy atom. The maximum atomic E-state index is 12.6. The van der Waals surface area contributed by atoms with Gasteiger partial charge in [-0.2, -0.15) is 0 Å². The fraction of sp³-hybridized carbons (Fsp3) is 0.235. The minimum atomic E-state index is -3.53. The molecule has 0 aliphatic carbocycles. The third-order valence-corrected chi connectivity index (χ3v) is 6.14. The highest BCUT2D eigenvalue weighted by atomic mass is 79.9. The topological polar surface area (TPSA) is 60.4 Å². The Kier molecular flexibility index (Phi) is 4.29. The number of ketones is 1. The summed E-state index contributed by atoms with van der Waals surface area (Å²) in [4.78, 5) is 12.8. The van der Waals surface area contributed by atoms with Crippen LogP contribution < -0.4 is 4.74 Å². The lowest BCUT2D eigenvalue weighted by molar-refractivity contribution is 0.0851. The average Bonchev–Trinajstić information content (AvgIpc) is 2.51. The van der Waals surface area contributed by atoms with Crippen LogP contribution in [0.2, 0.25) is 0 Å². The highest BCUT2D eigenvalue weighted by Gasteiger charge is 2.33. The summed E-state index contributed by atoms with van der Waals surface area (Å²) in [5.41, 5.74) is 1.41. The van der Waals surface area contributed by atoms with Gasteiger partial charge in [0.05, 0.1) is 28.7 Å². The molecular formula is C17H15BrO4S. The van der Waals surface area contributed by atoms with E-state index >= 15 is 0 Å². The minimum Gasteiger partial charge on any atom is -0.492 e. The molecule has 1 aliphatic rings. The van der Waals surface area contributed by atoms with Gasteiger partial charge in [-0.05, 0) is 37.3 Å². The first-order valence-electron chi connectivity index (χ1n) is 7.13. The predicted molar refractivity (Wildman–Crippen MR) is 90.7 cm³/mol. The van der Waals surface area contributed by atoms with Crippen molar-refractivity contribution in [3.05, 3.63) is 58.1 Å². The molecule has 1 atom stereocenters. The van der Waals surface area contributed by atoms with Gasteiger partial charge < -0.3 is 4.74 Å². The maximum absolute atomic E-state index is 12.6. The zero-order chi connectivity index (χ0) is 16.6. The Bertz CT molecular complexity index is 857. The SMILES string of the molecule is Cc1ccc(S(=O)(=O)C[C@H]2COc3ccc(Br)cc3C2=O)cc1. The van der Waals surface area contributed by atoms with Gasteiger partial charge in [0.1, 0.15) is 5.75 Å². The molecule has 0 spiro atoms. The molecule has 6 heteroatoms. The van der Waals surface area contributed by atoms with Crippen LogP contribution in [0.3, 0.4) is 0 Å². The molecule has 120 valence electrons. The smallest absolute Gasteiger partial charge is 0.179 e. The van der Waals surface area contributed by atoms with E-state index in [1.165, 1.54) is 0 Å². The van der Waals surface area contributed by atoms with Crippen molar-refractivity contribution in [1.29, 1.82) is 0 Å². The first-order chi connectivity index (χ1) is 10.9. The number of ether oxygens (including phenoxy) is 1. The largest absolute Gasteiger partial charge is 0.492 e. The van der Waals surface area contributed by atoms with E-state index in [1.807, 2.05) is 6.92 Å². The lowest BCUT2D eigenvalue weighted by Crippen LogP contribution is -2.33. The summed E-state index contributed by atoms with van der Waals surface area (Å²) < 4.78 is 31.4. The number of sulfone groups is 1. The van der Waals surface area contributed by atoms with E-state index in [0.717, 1.165) is 10.0 Å². The van der Waals surface area contributed by atoms with Gasteiger partial charge in [-0.15, -0.1) is 0 Å². The van der Waals surface area contributed by atoms with Gasteiger partial charge >= 0.3 is 0 Å². The second-order valence-electron chi connectivity index (χ2n) is 5.61. The summed E-state index contributed by atoms with van der Waals surface area (Å²) in [5, 5.41) is 0. The molecule has 0 saturated carbocycles. The van der Waals surface area contributed by atoms with Gasteiger partial charge in [-0.3, -0.25) is 4.79 Å². The van der Waals surface area contributed by atoms with Crippen LogP contribution in [0.1, 0.15) is 15.9 Å². The van der Waals surface area contributed by atoms with Crippen LogP contribution in [0.5, 0.6) is 5.75 Å². The highest BCUT2D eigenvalue weighted by Crippen LogP contribution is 2.31. The summed E-state index contributed by atoms with van der Waals surface area (Å²) in [7, 11) is -3.53. The average molecular weight is 395 g/mol. The zero-order valence-corrected chi connectivity index (χ0v) is 14.9. The van der Waals surface area contributed by atoms with E-state index in [2.05, 4.69) is 15.9 Å². The van der Waals surface area contributed by atoms with Crippen LogP contribution >= 0.6 is 15.9 Å². The Morgan fingerprint density at radius 3 is 2.57 bits per heavy atom. The Labute approximate surface area is 143 Å². The van der Waals surface area contributed by atoms with Crippen molar-refractivity contribution in [3.8, 4) is 5.75 Å². The third-order valence-electron chi connectivity index (χ3n) is 3.82. The summed E-state index contributed by atoms with van der Waals surface area (Å²) in [5.74, 6) is -0.630. The molecule has 0 aromatic heterocycles. The fourth-order valence-electron chi connectivity index (χ4n) is 2.54.